The van der Waals surface area contributed by atoms with Gasteiger partial charge in [-0.2, -0.15) is 13.2 Å². The van der Waals surface area contributed by atoms with Crippen molar-refractivity contribution in [2.24, 2.45) is 5.92 Å². The van der Waals surface area contributed by atoms with Gasteiger partial charge >= 0.3 is 12.1 Å². The number of benzene rings is 3. The van der Waals surface area contributed by atoms with Gasteiger partial charge in [0.15, 0.2) is 6.10 Å². The van der Waals surface area contributed by atoms with Crippen LogP contribution in [0, 0.1) is 5.92 Å². The van der Waals surface area contributed by atoms with Gasteiger partial charge in [0, 0.05) is 31.7 Å². The Bertz CT molecular complexity index is 1320. The first-order valence-corrected chi connectivity index (χ1v) is 14.0. The highest BCUT2D eigenvalue weighted by atomic mass is 19.4. The number of aliphatic hydroxyl groups is 1. The van der Waals surface area contributed by atoms with Crippen molar-refractivity contribution in [3.63, 3.8) is 0 Å². The highest BCUT2D eigenvalue weighted by molar-refractivity contribution is 5.95. The van der Waals surface area contributed by atoms with Crippen LogP contribution in [0.4, 0.5) is 13.2 Å². The molecule has 216 valence electrons. The third-order valence-corrected chi connectivity index (χ3v) is 8.55. The molecule has 2 N–H and O–H groups in total. The van der Waals surface area contributed by atoms with Gasteiger partial charge in [-0.1, -0.05) is 72.8 Å². The van der Waals surface area contributed by atoms with Crippen LogP contribution in [0.5, 0.6) is 0 Å². The standard InChI is InChI=1S/C32H33F3N2O4/c33-32(34,35)27-15-8-7-14-26(27)29(38)36-18-9-19-37-20-16-23(17-21-37)28(22-37)41-30(39)31(40,24-10-3-1-4-11-24)25-12-5-2-6-13-25/h1-8,10-15,23,28,40H,9,16-22H2/p+1. The molecule has 3 heterocycles. The lowest BCUT2D eigenvalue weighted by Gasteiger charge is -2.52. The number of esters is 1. The number of fused-ring (bicyclic) bond motifs is 3. The number of nitrogens with zero attached hydrogens (tertiary/aromatic N) is 1. The van der Waals surface area contributed by atoms with Gasteiger partial charge in [0.25, 0.3) is 5.91 Å². The molecule has 6 rings (SSSR count). The fourth-order valence-electron chi connectivity index (χ4n) is 6.29. The molecule has 41 heavy (non-hydrogen) atoms. The van der Waals surface area contributed by atoms with Crippen LogP contribution in [0.1, 0.15) is 46.3 Å². The molecule has 6 nitrogen and oxygen atoms in total. The minimum atomic E-state index is -4.61. The SMILES string of the molecule is O=C(NCCC[N+]12CCC(CC1)C(OC(=O)C(O)(c1ccccc1)c1ccccc1)C2)c1ccccc1C(F)(F)F. The molecule has 1 unspecified atom stereocenters. The van der Waals surface area contributed by atoms with Crippen molar-refractivity contribution in [3.8, 4) is 0 Å². The number of ether oxygens (including phenoxy) is 1. The van der Waals surface area contributed by atoms with E-state index in [1.807, 2.05) is 12.1 Å². The number of halogens is 3. The molecule has 1 atom stereocenters. The van der Waals surface area contributed by atoms with Crippen LogP contribution in [-0.2, 0) is 21.3 Å². The summed E-state index contributed by atoms with van der Waals surface area (Å²) in [6.07, 6.45) is -2.65. The Kier molecular flexibility index (Phi) is 8.20. The number of amides is 1. The van der Waals surface area contributed by atoms with E-state index in [0.717, 1.165) is 32.0 Å². The molecule has 0 saturated carbocycles. The predicted molar refractivity (Wildman–Crippen MR) is 147 cm³/mol. The van der Waals surface area contributed by atoms with Crippen LogP contribution in [0.3, 0.4) is 0 Å². The van der Waals surface area contributed by atoms with Crippen LogP contribution < -0.4 is 5.32 Å². The molecule has 3 aromatic carbocycles. The van der Waals surface area contributed by atoms with Crippen molar-refractivity contribution >= 4 is 11.9 Å². The number of rotatable bonds is 9. The van der Waals surface area contributed by atoms with E-state index in [4.69, 9.17) is 4.74 Å². The Labute approximate surface area is 237 Å². The number of hydrogen-bond acceptors (Lipinski definition) is 4. The molecule has 3 aromatic rings. The molecule has 3 saturated heterocycles. The molecular formula is C32H34F3N2O4+. The van der Waals surface area contributed by atoms with Gasteiger partial charge in [0.2, 0.25) is 5.60 Å². The van der Waals surface area contributed by atoms with E-state index in [-0.39, 0.29) is 24.1 Å². The molecule has 0 aliphatic carbocycles. The van der Waals surface area contributed by atoms with Gasteiger partial charge in [-0.15, -0.1) is 0 Å². The van der Waals surface area contributed by atoms with Crippen molar-refractivity contribution in [2.45, 2.75) is 37.1 Å². The van der Waals surface area contributed by atoms with Crippen molar-refractivity contribution < 1.29 is 37.1 Å². The quantitative estimate of drug-likeness (QED) is 0.219. The summed E-state index contributed by atoms with van der Waals surface area (Å²) < 4.78 is 46.7. The van der Waals surface area contributed by atoms with E-state index in [9.17, 15) is 27.9 Å². The lowest BCUT2D eigenvalue weighted by Crippen LogP contribution is -2.65. The van der Waals surface area contributed by atoms with E-state index >= 15 is 0 Å². The summed E-state index contributed by atoms with van der Waals surface area (Å²) in [4.78, 5) is 26.2. The highest BCUT2D eigenvalue weighted by Crippen LogP contribution is 2.38. The molecule has 3 aliphatic rings. The normalized spacial score (nSPS) is 22.2. The number of carbonyl (C=O) groups excluding carboxylic acids is 2. The minimum absolute atomic E-state index is 0.202. The number of hydrogen-bond donors (Lipinski definition) is 2. The number of carbonyl (C=O) groups is 2. The zero-order valence-electron chi connectivity index (χ0n) is 22.6. The summed E-state index contributed by atoms with van der Waals surface area (Å²) in [7, 11) is 0. The average molecular weight is 568 g/mol. The predicted octanol–water partition coefficient (Wildman–Crippen LogP) is 4.91. The van der Waals surface area contributed by atoms with Crippen LogP contribution in [0.25, 0.3) is 0 Å². The van der Waals surface area contributed by atoms with E-state index < -0.39 is 29.2 Å². The van der Waals surface area contributed by atoms with E-state index in [1.165, 1.54) is 18.2 Å². The average Bonchev–Trinajstić information content (AvgIpc) is 3.00. The van der Waals surface area contributed by atoms with Gasteiger partial charge in [-0.05, 0) is 23.3 Å². The molecule has 2 bridgehead atoms. The lowest BCUT2D eigenvalue weighted by atomic mass is 9.82. The Balaban J connectivity index is 1.22. The fourth-order valence-corrected chi connectivity index (χ4v) is 6.29. The fraction of sp³-hybridized carbons (Fsp3) is 0.375. The first-order valence-electron chi connectivity index (χ1n) is 14.0. The van der Waals surface area contributed by atoms with Gasteiger partial charge < -0.3 is 19.6 Å². The lowest BCUT2D eigenvalue weighted by molar-refractivity contribution is -0.946. The Morgan fingerprint density at radius 1 is 0.878 bits per heavy atom. The number of quaternary nitrogens is 1. The van der Waals surface area contributed by atoms with Crippen molar-refractivity contribution in [1.29, 1.82) is 0 Å². The molecule has 0 spiro atoms. The van der Waals surface area contributed by atoms with Gasteiger partial charge in [-0.25, -0.2) is 4.79 Å². The second-order valence-corrected chi connectivity index (χ2v) is 11.1. The van der Waals surface area contributed by atoms with Crippen molar-refractivity contribution in [3.05, 3.63) is 107 Å². The third kappa shape index (κ3) is 6.01. The second kappa shape index (κ2) is 11.7. The molecule has 1 amide bonds. The third-order valence-electron chi connectivity index (χ3n) is 8.55. The van der Waals surface area contributed by atoms with Gasteiger partial charge in [0.1, 0.15) is 6.54 Å². The monoisotopic (exact) mass is 567 g/mol. The first-order chi connectivity index (χ1) is 19.6. The summed E-state index contributed by atoms with van der Waals surface area (Å²) in [5.41, 5.74) is -2.42. The summed E-state index contributed by atoms with van der Waals surface area (Å²) in [6, 6.07) is 22.3. The van der Waals surface area contributed by atoms with Crippen LogP contribution in [-0.4, -0.2) is 60.3 Å². The summed E-state index contributed by atoms with van der Waals surface area (Å²) >= 11 is 0. The largest absolute Gasteiger partial charge is 0.453 e. The van der Waals surface area contributed by atoms with Crippen molar-refractivity contribution in [1.82, 2.24) is 5.32 Å². The van der Waals surface area contributed by atoms with Crippen molar-refractivity contribution in [2.75, 3.05) is 32.7 Å². The van der Waals surface area contributed by atoms with Gasteiger partial charge in [0.05, 0.1) is 30.8 Å². The number of alkyl halides is 3. The van der Waals surface area contributed by atoms with Crippen LogP contribution in [0.2, 0.25) is 0 Å². The Morgan fingerprint density at radius 3 is 2.02 bits per heavy atom. The molecule has 3 aliphatic heterocycles. The summed E-state index contributed by atoms with van der Waals surface area (Å²) in [5, 5.41) is 14.4. The molecule has 9 heteroatoms. The molecule has 3 fully saturated rings. The molecular weight excluding hydrogens is 533 g/mol. The van der Waals surface area contributed by atoms with Crippen LogP contribution in [0.15, 0.2) is 84.9 Å². The Hall–Kier alpha value is -3.69. The number of nitrogens with one attached hydrogen (secondary N) is 1. The first kappa shape index (κ1) is 28.8. The smallest absolute Gasteiger partial charge is 0.417 e. The maximum atomic E-state index is 13.7. The maximum absolute atomic E-state index is 13.7. The van der Waals surface area contributed by atoms with Crippen LogP contribution >= 0.6 is 0 Å². The molecule has 0 radical (unpaired) electrons. The Morgan fingerprint density at radius 2 is 1.44 bits per heavy atom. The van der Waals surface area contributed by atoms with E-state index in [0.29, 0.717) is 35.1 Å². The summed E-state index contributed by atoms with van der Waals surface area (Å²) in [6.45, 7) is 3.35. The topological polar surface area (TPSA) is 75.6 Å². The molecule has 0 aromatic heterocycles. The van der Waals surface area contributed by atoms with E-state index in [1.54, 1.807) is 48.5 Å². The number of piperidine rings is 3. The summed E-state index contributed by atoms with van der Waals surface area (Å²) in [5.74, 6) is -1.25. The zero-order valence-corrected chi connectivity index (χ0v) is 22.6. The van der Waals surface area contributed by atoms with Gasteiger partial charge in [-0.3, -0.25) is 4.79 Å². The second-order valence-electron chi connectivity index (χ2n) is 11.1. The van der Waals surface area contributed by atoms with E-state index in [2.05, 4.69) is 5.32 Å². The zero-order chi connectivity index (χ0) is 29.1. The minimum Gasteiger partial charge on any atom is -0.453 e. The highest BCUT2D eigenvalue weighted by Gasteiger charge is 2.50. The maximum Gasteiger partial charge on any atom is 0.417 e.